The topological polar surface area (TPSA) is 65.9 Å². The van der Waals surface area contributed by atoms with Gasteiger partial charge < -0.3 is 9.72 Å². The third-order valence-electron chi connectivity index (χ3n) is 3.63. The summed E-state index contributed by atoms with van der Waals surface area (Å²) >= 11 is 1.57. The van der Waals surface area contributed by atoms with Gasteiger partial charge in [0.2, 0.25) is 0 Å². The summed E-state index contributed by atoms with van der Waals surface area (Å²) in [7, 11) is 0. The van der Waals surface area contributed by atoms with Gasteiger partial charge in [-0.25, -0.2) is 0 Å². The molecule has 0 unspecified atom stereocenters. The van der Waals surface area contributed by atoms with E-state index in [-0.39, 0.29) is 11.1 Å². The molecule has 0 aliphatic heterocycles. The van der Waals surface area contributed by atoms with E-state index in [1.54, 1.807) is 11.3 Å². The van der Waals surface area contributed by atoms with Crippen molar-refractivity contribution in [1.82, 2.24) is 4.98 Å². The zero-order valence-corrected chi connectivity index (χ0v) is 14.2. The predicted molar refractivity (Wildman–Crippen MR) is 96.4 cm³/mol. The monoisotopic (exact) mass is 336 g/mol. The van der Waals surface area contributed by atoms with Crippen LogP contribution in [0.2, 0.25) is 0 Å². The largest absolute Gasteiger partial charge is 0.494 e. The fourth-order valence-corrected chi connectivity index (χ4v) is 3.39. The van der Waals surface area contributed by atoms with Gasteiger partial charge in [0.15, 0.2) is 0 Å². The van der Waals surface area contributed by atoms with E-state index < -0.39 is 0 Å². The van der Waals surface area contributed by atoms with Gasteiger partial charge in [-0.3, -0.25) is 4.79 Å². The van der Waals surface area contributed by atoms with Crippen LogP contribution >= 0.6 is 11.3 Å². The second-order valence-corrected chi connectivity index (χ2v) is 6.57. The summed E-state index contributed by atoms with van der Waals surface area (Å²) in [5, 5.41) is 9.34. The van der Waals surface area contributed by atoms with E-state index in [0.717, 1.165) is 21.1 Å². The molecule has 0 atom stereocenters. The maximum Gasteiger partial charge on any atom is 0.267 e. The molecule has 0 amide bonds. The molecular formula is C19H16N2O2S. The van der Waals surface area contributed by atoms with E-state index in [0.29, 0.717) is 17.9 Å². The van der Waals surface area contributed by atoms with Gasteiger partial charge in [0.05, 0.1) is 6.61 Å². The predicted octanol–water partition coefficient (Wildman–Crippen LogP) is 4.35. The van der Waals surface area contributed by atoms with Gasteiger partial charge in [-0.05, 0) is 61.9 Å². The molecule has 0 spiro atoms. The number of nitrogens with zero attached hydrogens (tertiary/aromatic N) is 1. The summed E-state index contributed by atoms with van der Waals surface area (Å²) in [6, 6.07) is 15.3. The van der Waals surface area contributed by atoms with Gasteiger partial charge in [-0.15, -0.1) is 11.3 Å². The molecule has 120 valence electrons. The van der Waals surface area contributed by atoms with Crippen molar-refractivity contribution in [2.24, 2.45) is 0 Å². The van der Waals surface area contributed by atoms with E-state index in [1.807, 2.05) is 62.4 Å². The van der Waals surface area contributed by atoms with Gasteiger partial charge in [-0.1, -0.05) is 0 Å². The number of thiophene rings is 1. The van der Waals surface area contributed by atoms with Crippen molar-refractivity contribution in [2.45, 2.75) is 13.8 Å². The average Bonchev–Trinajstić information content (AvgIpc) is 3.01. The highest BCUT2D eigenvalue weighted by molar-refractivity contribution is 7.15. The Morgan fingerprint density at radius 1 is 1.21 bits per heavy atom. The van der Waals surface area contributed by atoms with E-state index in [2.05, 4.69) is 4.98 Å². The molecule has 4 nitrogen and oxygen atoms in total. The van der Waals surface area contributed by atoms with Crippen LogP contribution in [0.25, 0.3) is 21.7 Å². The van der Waals surface area contributed by atoms with Crippen molar-refractivity contribution in [3.63, 3.8) is 0 Å². The maximum absolute atomic E-state index is 12.3. The Bertz CT molecular complexity index is 962. The molecule has 2 heterocycles. The number of H-pyrrole nitrogens is 1. The number of pyridine rings is 1. The van der Waals surface area contributed by atoms with Gasteiger partial charge >= 0.3 is 0 Å². The van der Waals surface area contributed by atoms with Crippen molar-refractivity contribution in [3.05, 3.63) is 63.3 Å². The number of hydrogen-bond acceptors (Lipinski definition) is 4. The van der Waals surface area contributed by atoms with Crippen LogP contribution in [0.3, 0.4) is 0 Å². The number of ether oxygens (including phenoxy) is 1. The summed E-state index contributed by atoms with van der Waals surface area (Å²) < 4.78 is 5.44. The molecule has 0 radical (unpaired) electrons. The van der Waals surface area contributed by atoms with Crippen molar-refractivity contribution >= 4 is 11.3 Å². The molecule has 0 bridgehead atoms. The number of hydrogen-bond donors (Lipinski definition) is 1. The number of aromatic nitrogens is 1. The Morgan fingerprint density at radius 2 is 1.96 bits per heavy atom. The SMILES string of the molecule is CCOc1ccc(-c2cc(-c3ccc(C)s3)c(C#N)c(=O)[nH]2)cc1. The summed E-state index contributed by atoms with van der Waals surface area (Å²) in [5.41, 5.74) is 2.00. The lowest BCUT2D eigenvalue weighted by Crippen LogP contribution is -2.12. The van der Waals surface area contributed by atoms with E-state index in [4.69, 9.17) is 4.74 Å². The van der Waals surface area contributed by atoms with Gasteiger partial charge in [0.25, 0.3) is 5.56 Å². The first-order valence-electron chi connectivity index (χ1n) is 7.60. The highest BCUT2D eigenvalue weighted by Gasteiger charge is 2.13. The van der Waals surface area contributed by atoms with Gasteiger partial charge in [-0.2, -0.15) is 5.26 Å². The molecule has 2 aromatic heterocycles. The second kappa shape index (κ2) is 6.73. The molecule has 1 aromatic carbocycles. The number of rotatable bonds is 4. The molecule has 3 rings (SSSR count). The molecule has 3 aromatic rings. The third-order valence-corrected chi connectivity index (χ3v) is 4.66. The number of nitrogens with one attached hydrogen (secondary N) is 1. The molecule has 0 aliphatic rings. The zero-order valence-electron chi connectivity index (χ0n) is 13.4. The molecule has 0 fully saturated rings. The Balaban J connectivity index is 2.11. The highest BCUT2D eigenvalue weighted by atomic mass is 32.1. The minimum absolute atomic E-state index is 0.145. The van der Waals surface area contributed by atoms with Crippen LogP contribution in [0.5, 0.6) is 5.75 Å². The first kappa shape index (κ1) is 16.0. The van der Waals surface area contributed by atoms with Crippen molar-refractivity contribution in [2.75, 3.05) is 6.61 Å². The highest BCUT2D eigenvalue weighted by Crippen LogP contribution is 2.31. The average molecular weight is 336 g/mol. The number of benzene rings is 1. The van der Waals surface area contributed by atoms with Crippen molar-refractivity contribution in [3.8, 4) is 33.5 Å². The molecule has 0 saturated carbocycles. The number of aromatic amines is 1. The van der Waals surface area contributed by atoms with E-state index in [9.17, 15) is 10.1 Å². The molecular weight excluding hydrogens is 320 g/mol. The Kier molecular flexibility index (Phi) is 4.50. The standard InChI is InChI=1S/C19H16N2O2S/c1-3-23-14-7-5-13(6-8-14)17-10-15(16(11-20)19(22)21-17)18-9-4-12(2)24-18/h4-10H,3H2,1-2H3,(H,21,22). The van der Waals surface area contributed by atoms with Crippen LogP contribution in [-0.2, 0) is 0 Å². The Morgan fingerprint density at radius 3 is 2.54 bits per heavy atom. The normalized spacial score (nSPS) is 10.4. The Hall–Kier alpha value is -2.84. The zero-order chi connectivity index (χ0) is 17.1. The second-order valence-electron chi connectivity index (χ2n) is 5.28. The van der Waals surface area contributed by atoms with Gasteiger partial charge in [0, 0.05) is 21.0 Å². The van der Waals surface area contributed by atoms with E-state index in [1.165, 1.54) is 0 Å². The first-order valence-corrected chi connectivity index (χ1v) is 8.41. The minimum Gasteiger partial charge on any atom is -0.494 e. The quantitative estimate of drug-likeness (QED) is 0.770. The summed E-state index contributed by atoms with van der Waals surface area (Å²) in [5.74, 6) is 0.784. The lowest BCUT2D eigenvalue weighted by molar-refractivity contribution is 0.340. The van der Waals surface area contributed by atoms with E-state index >= 15 is 0 Å². The molecule has 1 N–H and O–H groups in total. The van der Waals surface area contributed by atoms with Crippen LogP contribution in [0.15, 0.2) is 47.3 Å². The summed E-state index contributed by atoms with van der Waals surface area (Å²) in [6.07, 6.45) is 0. The van der Waals surface area contributed by atoms with Crippen LogP contribution in [-0.4, -0.2) is 11.6 Å². The first-order chi connectivity index (χ1) is 11.6. The third kappa shape index (κ3) is 3.10. The maximum atomic E-state index is 12.3. The van der Waals surface area contributed by atoms with Crippen molar-refractivity contribution < 1.29 is 4.74 Å². The smallest absolute Gasteiger partial charge is 0.267 e. The van der Waals surface area contributed by atoms with Crippen LogP contribution in [0, 0.1) is 18.3 Å². The number of aryl methyl sites for hydroxylation is 1. The fraction of sp³-hybridized carbons (Fsp3) is 0.158. The van der Waals surface area contributed by atoms with Crippen molar-refractivity contribution in [1.29, 1.82) is 5.26 Å². The number of nitriles is 1. The fourth-order valence-electron chi connectivity index (χ4n) is 2.50. The van der Waals surface area contributed by atoms with Crippen LogP contribution in [0.4, 0.5) is 0 Å². The summed E-state index contributed by atoms with van der Waals surface area (Å²) in [6.45, 7) is 4.54. The molecule has 24 heavy (non-hydrogen) atoms. The molecule has 0 saturated heterocycles. The minimum atomic E-state index is -0.370. The van der Waals surface area contributed by atoms with Crippen LogP contribution < -0.4 is 10.3 Å². The van der Waals surface area contributed by atoms with Crippen LogP contribution in [0.1, 0.15) is 17.4 Å². The molecule has 0 aliphatic carbocycles. The van der Waals surface area contributed by atoms with Gasteiger partial charge in [0.1, 0.15) is 17.4 Å². The summed E-state index contributed by atoms with van der Waals surface area (Å²) in [4.78, 5) is 17.2. The Labute approximate surface area is 144 Å². The molecule has 5 heteroatoms. The lowest BCUT2D eigenvalue weighted by Gasteiger charge is -2.08. The lowest BCUT2D eigenvalue weighted by atomic mass is 10.0.